The van der Waals surface area contributed by atoms with Gasteiger partial charge in [0.2, 0.25) is 10.3 Å². The van der Waals surface area contributed by atoms with Gasteiger partial charge in [-0.05, 0) is 19.1 Å². The average Bonchev–Trinajstić information content (AvgIpc) is 1.94. The fraction of sp³-hybridized carbons (Fsp3) is 0.167. The highest BCUT2D eigenvalue weighted by atomic mass is 32.2. The molecule has 0 unspecified atom stereocenters. The number of pyridine rings is 1. The highest BCUT2D eigenvalue weighted by Crippen LogP contribution is 1.96. The number of hydrogen-bond donors (Lipinski definition) is 0. The van der Waals surface area contributed by atoms with Crippen molar-refractivity contribution in [2.45, 2.75) is 6.92 Å². The molecule has 1 rings (SSSR count). The van der Waals surface area contributed by atoms with Gasteiger partial charge in [-0.1, -0.05) is 6.07 Å². The van der Waals surface area contributed by atoms with Gasteiger partial charge < -0.3 is 9.94 Å². The molecule has 60 valence electrons. The summed E-state index contributed by atoms with van der Waals surface area (Å²) in [6, 6.07) is 4.32. The van der Waals surface area contributed by atoms with Crippen LogP contribution in [-0.2, 0) is 10.3 Å². The molecule has 0 aromatic carbocycles. The highest BCUT2D eigenvalue weighted by Gasteiger charge is 1.86. The van der Waals surface area contributed by atoms with E-state index in [0.29, 0.717) is 10.4 Å². The minimum Gasteiger partial charge on any atom is -0.805 e. The van der Waals surface area contributed by atoms with Gasteiger partial charge in [0.1, 0.15) is 0 Å². The Hall–Kier alpha value is -1.23. The Kier molecular flexibility index (Phi) is 2.00. The predicted octanol–water partition coefficient (Wildman–Crippen LogP) is 0.554. The summed E-state index contributed by atoms with van der Waals surface area (Å²) >= 11 is 0. The van der Waals surface area contributed by atoms with Crippen LogP contribution in [0.3, 0.4) is 0 Å². The first kappa shape index (κ1) is 7.87. The molecule has 0 amide bonds. The maximum Gasteiger partial charge on any atom is 0.238 e. The van der Waals surface area contributed by atoms with Gasteiger partial charge in [-0.15, -0.1) is 0 Å². The molecule has 4 nitrogen and oxygen atoms in total. The monoisotopic (exact) mass is 172 g/mol. The van der Waals surface area contributed by atoms with Crippen LogP contribution in [0.2, 0.25) is 0 Å². The van der Waals surface area contributed by atoms with Crippen molar-refractivity contribution >= 4 is 10.3 Å². The van der Waals surface area contributed by atoms with Gasteiger partial charge in [0.15, 0.2) is 4.64 Å². The van der Waals surface area contributed by atoms with Crippen molar-refractivity contribution in [1.82, 2.24) is 4.73 Å². The lowest BCUT2D eigenvalue weighted by atomic mass is 10.4. The van der Waals surface area contributed by atoms with E-state index in [9.17, 15) is 13.6 Å². The summed E-state index contributed by atoms with van der Waals surface area (Å²) in [4.78, 5) is 0. The molecular formula is C6H6NO3S-. The van der Waals surface area contributed by atoms with Crippen molar-refractivity contribution in [2.24, 2.45) is 0 Å². The summed E-state index contributed by atoms with van der Waals surface area (Å²) in [5, 5.41) is 10.9. The number of hydrogen-bond acceptors (Lipinski definition) is 3. The standard InChI is InChI=1S/C6H6NO3S/c1-5-3-2-4-6(7(5)8)11(9)10/h2-4H,1H3/q-1. The highest BCUT2D eigenvalue weighted by molar-refractivity contribution is 7.63. The van der Waals surface area contributed by atoms with Crippen molar-refractivity contribution < 1.29 is 8.42 Å². The van der Waals surface area contributed by atoms with Gasteiger partial charge in [0, 0.05) is 5.69 Å². The van der Waals surface area contributed by atoms with Crippen LogP contribution < -0.4 is 0 Å². The predicted molar refractivity (Wildman–Crippen MR) is 40.1 cm³/mol. The zero-order valence-electron chi connectivity index (χ0n) is 5.81. The number of rotatable bonds is 0. The van der Waals surface area contributed by atoms with Crippen molar-refractivity contribution in [3.8, 4) is 0 Å². The SMILES string of the molecule is Cc1cccc(=S(=O)=O)n1[O-]. The molecule has 0 saturated carbocycles. The van der Waals surface area contributed by atoms with Crippen LogP contribution in [0.1, 0.15) is 5.69 Å². The third-order valence-corrected chi connectivity index (χ3v) is 1.91. The first-order chi connectivity index (χ1) is 5.13. The Labute approximate surface area is 64.8 Å². The quantitative estimate of drug-likeness (QED) is 0.537. The largest absolute Gasteiger partial charge is 0.805 e. The lowest BCUT2D eigenvalue weighted by molar-refractivity contribution is 0.623. The third kappa shape index (κ3) is 1.43. The van der Waals surface area contributed by atoms with E-state index in [0.717, 1.165) is 0 Å². The molecule has 0 bridgehead atoms. The minimum atomic E-state index is -2.45. The molecule has 0 spiro atoms. The zero-order chi connectivity index (χ0) is 8.43. The first-order valence-corrected chi connectivity index (χ1v) is 3.99. The molecule has 0 aliphatic heterocycles. The smallest absolute Gasteiger partial charge is 0.238 e. The van der Waals surface area contributed by atoms with Crippen LogP contribution in [0, 0.1) is 16.8 Å². The number of aryl methyl sites for hydroxylation is 1. The third-order valence-electron chi connectivity index (χ3n) is 1.27. The molecule has 5 heteroatoms. The molecule has 0 aliphatic carbocycles. The van der Waals surface area contributed by atoms with Crippen LogP contribution in [0.5, 0.6) is 0 Å². The Morgan fingerprint density at radius 2 is 2.09 bits per heavy atom. The zero-order valence-corrected chi connectivity index (χ0v) is 6.63. The molecule has 0 radical (unpaired) electrons. The van der Waals surface area contributed by atoms with Crippen molar-refractivity contribution in [2.75, 3.05) is 0 Å². The Morgan fingerprint density at radius 1 is 1.45 bits per heavy atom. The molecular weight excluding hydrogens is 166 g/mol. The molecule has 0 fully saturated rings. The van der Waals surface area contributed by atoms with E-state index in [2.05, 4.69) is 0 Å². The maximum absolute atomic E-state index is 10.9. The van der Waals surface area contributed by atoms with Crippen molar-refractivity contribution in [3.63, 3.8) is 0 Å². The maximum atomic E-state index is 10.9. The van der Waals surface area contributed by atoms with E-state index in [1.54, 1.807) is 13.0 Å². The summed E-state index contributed by atoms with van der Waals surface area (Å²) in [6.07, 6.45) is 0. The fourth-order valence-electron chi connectivity index (χ4n) is 0.702. The Bertz CT molecular complexity index is 421. The van der Waals surface area contributed by atoms with Crippen molar-refractivity contribution in [3.05, 3.63) is 33.7 Å². The summed E-state index contributed by atoms with van der Waals surface area (Å²) in [5.74, 6) is 0. The van der Waals surface area contributed by atoms with Crippen LogP contribution in [0.25, 0.3) is 0 Å². The lowest BCUT2D eigenvalue weighted by Crippen LogP contribution is -1.95. The van der Waals surface area contributed by atoms with Crippen LogP contribution in [0.4, 0.5) is 0 Å². The van der Waals surface area contributed by atoms with E-state index in [1.165, 1.54) is 12.1 Å². The average molecular weight is 172 g/mol. The van der Waals surface area contributed by atoms with Crippen LogP contribution in [-0.4, -0.2) is 13.1 Å². The van der Waals surface area contributed by atoms with E-state index >= 15 is 0 Å². The first-order valence-electron chi connectivity index (χ1n) is 2.91. The van der Waals surface area contributed by atoms with E-state index in [-0.39, 0.29) is 4.64 Å². The molecule has 0 N–H and O–H groups in total. The summed E-state index contributed by atoms with van der Waals surface area (Å²) < 4.78 is 20.8. The summed E-state index contributed by atoms with van der Waals surface area (Å²) in [7, 11) is -2.45. The molecule has 1 heterocycles. The van der Waals surface area contributed by atoms with Gasteiger partial charge in [-0.3, -0.25) is 0 Å². The Balaban J connectivity index is 3.82. The topological polar surface area (TPSA) is 62.1 Å². The minimum absolute atomic E-state index is 0.245. The second kappa shape index (κ2) is 2.79. The molecule has 0 aliphatic rings. The van der Waals surface area contributed by atoms with Gasteiger partial charge in [0.25, 0.3) is 0 Å². The lowest BCUT2D eigenvalue weighted by Gasteiger charge is -2.12. The van der Waals surface area contributed by atoms with E-state index < -0.39 is 10.3 Å². The van der Waals surface area contributed by atoms with Crippen molar-refractivity contribution in [1.29, 1.82) is 0 Å². The molecule has 1 aromatic rings. The number of nitrogens with zero attached hydrogens (tertiary/aromatic N) is 1. The van der Waals surface area contributed by atoms with Crippen LogP contribution in [0.15, 0.2) is 18.2 Å². The number of aromatic nitrogens is 1. The summed E-state index contributed by atoms with van der Waals surface area (Å²) in [6.45, 7) is 1.54. The molecule has 1 aromatic heterocycles. The van der Waals surface area contributed by atoms with E-state index in [4.69, 9.17) is 0 Å². The van der Waals surface area contributed by atoms with Gasteiger partial charge in [-0.25, -0.2) is 0 Å². The molecule has 0 atom stereocenters. The summed E-state index contributed by atoms with van der Waals surface area (Å²) in [5.41, 5.74) is 0.367. The van der Waals surface area contributed by atoms with Gasteiger partial charge >= 0.3 is 0 Å². The Morgan fingerprint density at radius 3 is 2.55 bits per heavy atom. The normalized spacial score (nSPS) is 9.55. The second-order valence-electron chi connectivity index (χ2n) is 2.03. The van der Waals surface area contributed by atoms with Gasteiger partial charge in [0.05, 0.1) is 0 Å². The molecule has 0 saturated heterocycles. The molecule has 11 heavy (non-hydrogen) atoms. The van der Waals surface area contributed by atoms with Crippen LogP contribution >= 0.6 is 0 Å². The van der Waals surface area contributed by atoms with E-state index in [1.807, 2.05) is 0 Å². The van der Waals surface area contributed by atoms with Gasteiger partial charge in [-0.2, -0.15) is 8.42 Å². The fourth-order valence-corrected chi connectivity index (χ4v) is 1.17. The second-order valence-corrected chi connectivity index (χ2v) is 2.92.